The predicted molar refractivity (Wildman–Crippen MR) is 72.1 cm³/mol. The molecule has 0 bridgehead atoms. The van der Waals surface area contributed by atoms with E-state index in [-0.39, 0.29) is 24.2 Å². The number of nitrogens with one attached hydrogen (secondary N) is 2. The van der Waals surface area contributed by atoms with Crippen LogP contribution in [0.3, 0.4) is 0 Å². The van der Waals surface area contributed by atoms with Gasteiger partial charge in [0.25, 0.3) is 0 Å². The first-order valence-corrected chi connectivity index (χ1v) is 8.36. The van der Waals surface area contributed by atoms with E-state index in [1.165, 1.54) is 18.8 Å². The fourth-order valence-corrected chi connectivity index (χ4v) is 3.25. The van der Waals surface area contributed by atoms with Gasteiger partial charge < -0.3 is 9.84 Å². The fourth-order valence-electron chi connectivity index (χ4n) is 2.26. The Labute approximate surface area is 118 Å². The largest absolute Gasteiger partial charge is 0.364 e. The molecular formula is C12H19N3O4S. The molecule has 1 fully saturated rings. The molecule has 2 rings (SSSR count). The third-order valence-corrected chi connectivity index (χ3v) is 4.51. The first-order chi connectivity index (χ1) is 9.55. The molecule has 0 unspecified atom stereocenters. The van der Waals surface area contributed by atoms with Gasteiger partial charge in [0.15, 0.2) is 0 Å². The Morgan fingerprint density at radius 1 is 1.35 bits per heavy atom. The highest BCUT2D eigenvalue weighted by Gasteiger charge is 2.18. The third kappa shape index (κ3) is 4.93. The van der Waals surface area contributed by atoms with Gasteiger partial charge in [0.1, 0.15) is 12.0 Å². The highest BCUT2D eigenvalue weighted by atomic mass is 32.2. The number of carbonyl (C=O) groups is 1. The number of nitrogens with zero attached hydrogens (tertiary/aromatic N) is 1. The minimum atomic E-state index is -3.57. The lowest BCUT2D eigenvalue weighted by atomic mass is 9.95. The zero-order valence-electron chi connectivity index (χ0n) is 11.2. The molecule has 7 nitrogen and oxygen atoms in total. The molecule has 0 aromatic carbocycles. The maximum absolute atomic E-state index is 11.7. The molecule has 0 atom stereocenters. The Balaban J connectivity index is 1.74. The SMILES string of the molecule is O=C(CNS(=O)(=O)Cc1ccon1)NC1CCCCC1. The van der Waals surface area contributed by atoms with Gasteiger partial charge in [0.2, 0.25) is 15.9 Å². The second-order valence-electron chi connectivity index (χ2n) is 4.97. The van der Waals surface area contributed by atoms with Crippen LogP contribution in [0.2, 0.25) is 0 Å². The van der Waals surface area contributed by atoms with Gasteiger partial charge in [0, 0.05) is 12.1 Å². The number of carbonyl (C=O) groups excluding carboxylic acids is 1. The normalized spacial score (nSPS) is 17.0. The maximum atomic E-state index is 11.7. The number of amides is 1. The van der Waals surface area contributed by atoms with E-state index < -0.39 is 10.0 Å². The van der Waals surface area contributed by atoms with Crippen molar-refractivity contribution in [3.63, 3.8) is 0 Å². The topological polar surface area (TPSA) is 101 Å². The van der Waals surface area contributed by atoms with Crippen LogP contribution >= 0.6 is 0 Å². The van der Waals surface area contributed by atoms with Crippen LogP contribution in [0.1, 0.15) is 37.8 Å². The molecule has 112 valence electrons. The number of sulfonamides is 1. The van der Waals surface area contributed by atoms with Crippen molar-refractivity contribution in [2.45, 2.75) is 43.9 Å². The van der Waals surface area contributed by atoms with Gasteiger partial charge in [-0.2, -0.15) is 0 Å². The summed E-state index contributed by atoms with van der Waals surface area (Å²) in [5.41, 5.74) is 0.310. The van der Waals surface area contributed by atoms with Crippen LogP contribution in [-0.2, 0) is 20.6 Å². The van der Waals surface area contributed by atoms with E-state index in [2.05, 4.69) is 19.7 Å². The fraction of sp³-hybridized carbons (Fsp3) is 0.667. The lowest BCUT2D eigenvalue weighted by Crippen LogP contribution is -2.42. The van der Waals surface area contributed by atoms with Crippen LogP contribution in [0.4, 0.5) is 0 Å². The van der Waals surface area contributed by atoms with Crippen LogP contribution in [0.15, 0.2) is 16.9 Å². The first-order valence-electron chi connectivity index (χ1n) is 6.71. The number of rotatable bonds is 6. The van der Waals surface area contributed by atoms with E-state index in [0.717, 1.165) is 25.7 Å². The molecule has 20 heavy (non-hydrogen) atoms. The predicted octanol–water partition coefficient (Wildman–Crippen LogP) is 0.543. The quantitative estimate of drug-likeness (QED) is 0.798. The second kappa shape index (κ2) is 6.85. The molecule has 8 heteroatoms. The molecular weight excluding hydrogens is 282 g/mol. The summed E-state index contributed by atoms with van der Waals surface area (Å²) in [6, 6.07) is 1.65. The Morgan fingerprint density at radius 2 is 2.10 bits per heavy atom. The van der Waals surface area contributed by atoms with Gasteiger partial charge in [-0.15, -0.1) is 0 Å². The monoisotopic (exact) mass is 301 g/mol. The van der Waals surface area contributed by atoms with Crippen molar-refractivity contribution in [1.82, 2.24) is 15.2 Å². The van der Waals surface area contributed by atoms with E-state index in [0.29, 0.717) is 5.69 Å². The number of aromatic nitrogens is 1. The first kappa shape index (κ1) is 15.0. The molecule has 1 aromatic rings. The molecule has 2 N–H and O–H groups in total. The van der Waals surface area contributed by atoms with Crippen LogP contribution < -0.4 is 10.0 Å². The second-order valence-corrected chi connectivity index (χ2v) is 6.78. The van der Waals surface area contributed by atoms with Crippen molar-refractivity contribution in [1.29, 1.82) is 0 Å². The van der Waals surface area contributed by atoms with Gasteiger partial charge in [-0.25, -0.2) is 13.1 Å². The lowest BCUT2D eigenvalue weighted by Gasteiger charge is -2.22. The number of hydrogen-bond acceptors (Lipinski definition) is 5. The van der Waals surface area contributed by atoms with E-state index in [1.54, 1.807) is 0 Å². The average Bonchev–Trinajstić information content (AvgIpc) is 2.90. The van der Waals surface area contributed by atoms with Crippen molar-refractivity contribution in [2.24, 2.45) is 0 Å². The maximum Gasteiger partial charge on any atom is 0.235 e. The summed E-state index contributed by atoms with van der Waals surface area (Å²) >= 11 is 0. The zero-order valence-corrected chi connectivity index (χ0v) is 12.0. The molecule has 0 spiro atoms. The highest BCUT2D eigenvalue weighted by molar-refractivity contribution is 7.88. The molecule has 1 aliphatic rings. The molecule has 0 radical (unpaired) electrons. The van der Waals surface area contributed by atoms with Gasteiger partial charge >= 0.3 is 0 Å². The summed E-state index contributed by atoms with van der Waals surface area (Å²) in [5, 5.41) is 6.38. The average molecular weight is 301 g/mol. The van der Waals surface area contributed by atoms with E-state index in [1.807, 2.05) is 0 Å². The highest BCUT2D eigenvalue weighted by Crippen LogP contribution is 2.17. The lowest BCUT2D eigenvalue weighted by molar-refractivity contribution is -0.120. The minimum absolute atomic E-state index is 0.177. The van der Waals surface area contributed by atoms with E-state index in [9.17, 15) is 13.2 Å². The molecule has 1 aromatic heterocycles. The van der Waals surface area contributed by atoms with Gasteiger partial charge in [0.05, 0.1) is 12.2 Å². The zero-order chi connectivity index (χ0) is 14.4. The Hall–Kier alpha value is -1.41. The third-order valence-electron chi connectivity index (χ3n) is 3.25. The van der Waals surface area contributed by atoms with Crippen molar-refractivity contribution in [3.05, 3.63) is 18.0 Å². The molecule has 0 aliphatic heterocycles. The molecule has 1 heterocycles. The Morgan fingerprint density at radius 3 is 2.75 bits per heavy atom. The van der Waals surface area contributed by atoms with E-state index >= 15 is 0 Å². The molecule has 1 aliphatic carbocycles. The molecule has 1 amide bonds. The summed E-state index contributed by atoms with van der Waals surface area (Å²) in [6.07, 6.45) is 6.68. The summed E-state index contributed by atoms with van der Waals surface area (Å²) in [5.74, 6) is -0.583. The summed E-state index contributed by atoms with van der Waals surface area (Å²) in [7, 11) is -3.57. The van der Waals surface area contributed by atoms with Gasteiger partial charge in [-0.3, -0.25) is 4.79 Å². The van der Waals surface area contributed by atoms with E-state index in [4.69, 9.17) is 0 Å². The summed E-state index contributed by atoms with van der Waals surface area (Å²) in [4.78, 5) is 11.7. The Bertz CT molecular complexity index is 521. The number of hydrogen-bond donors (Lipinski definition) is 2. The van der Waals surface area contributed by atoms with Gasteiger partial charge in [-0.1, -0.05) is 24.4 Å². The van der Waals surface area contributed by atoms with Crippen LogP contribution in [0, 0.1) is 0 Å². The van der Waals surface area contributed by atoms with Crippen molar-refractivity contribution >= 4 is 15.9 Å². The van der Waals surface area contributed by atoms with Crippen LogP contribution in [0.5, 0.6) is 0 Å². The van der Waals surface area contributed by atoms with Crippen molar-refractivity contribution in [2.75, 3.05) is 6.54 Å². The molecule has 1 saturated carbocycles. The summed E-state index contributed by atoms with van der Waals surface area (Å²) in [6.45, 7) is -0.239. The van der Waals surface area contributed by atoms with Gasteiger partial charge in [-0.05, 0) is 12.8 Å². The van der Waals surface area contributed by atoms with Crippen LogP contribution in [-0.4, -0.2) is 32.1 Å². The standard InChI is InChI=1S/C12H19N3O4S/c16-12(14-10-4-2-1-3-5-10)8-13-20(17,18)9-11-6-7-19-15-11/h6-7,10,13H,1-5,8-9H2,(H,14,16). The Kier molecular flexibility index (Phi) is 5.13. The van der Waals surface area contributed by atoms with Crippen molar-refractivity contribution < 1.29 is 17.7 Å². The smallest absolute Gasteiger partial charge is 0.235 e. The van der Waals surface area contributed by atoms with Crippen LogP contribution in [0.25, 0.3) is 0 Å². The van der Waals surface area contributed by atoms with Crippen molar-refractivity contribution in [3.8, 4) is 0 Å². The minimum Gasteiger partial charge on any atom is -0.364 e. The summed E-state index contributed by atoms with van der Waals surface area (Å²) < 4.78 is 30.3. The molecule has 0 saturated heterocycles.